The molecule has 1 aliphatic rings. The minimum absolute atomic E-state index is 0.167. The lowest BCUT2D eigenvalue weighted by Crippen LogP contribution is -2.19. The van der Waals surface area contributed by atoms with Gasteiger partial charge in [-0.2, -0.15) is 0 Å². The molecule has 2 heterocycles. The summed E-state index contributed by atoms with van der Waals surface area (Å²) in [5, 5.41) is 1.93. The van der Waals surface area contributed by atoms with Gasteiger partial charge in [0, 0.05) is 17.0 Å². The van der Waals surface area contributed by atoms with Crippen LogP contribution in [0, 0.1) is 0 Å². The number of carbonyl (C=O) groups excluding carboxylic acids is 2. The van der Waals surface area contributed by atoms with E-state index in [2.05, 4.69) is 0 Å². The monoisotopic (exact) mass is 301 g/mol. The van der Waals surface area contributed by atoms with Gasteiger partial charge in [-0.05, 0) is 23.6 Å². The molecular weight excluding hydrogens is 290 g/mol. The summed E-state index contributed by atoms with van der Waals surface area (Å²) in [6.45, 7) is -0.218. The van der Waals surface area contributed by atoms with E-state index in [4.69, 9.17) is 15.2 Å². The lowest BCUT2D eigenvalue weighted by molar-refractivity contribution is -0.119. The minimum Gasteiger partial charge on any atom is -0.484 e. The summed E-state index contributed by atoms with van der Waals surface area (Å²) >= 11 is 1.52. The maximum atomic E-state index is 12.2. The number of nitrogens with two attached hydrogens (primary N) is 1. The molecule has 0 radical (unpaired) electrons. The van der Waals surface area contributed by atoms with E-state index in [1.807, 2.05) is 17.5 Å². The van der Waals surface area contributed by atoms with Gasteiger partial charge in [0.15, 0.2) is 12.4 Å². The van der Waals surface area contributed by atoms with Crippen LogP contribution in [0.3, 0.4) is 0 Å². The third-order valence-electron chi connectivity index (χ3n) is 2.84. The molecule has 2 aromatic rings. The number of carbonyl (C=O) groups is 2. The SMILES string of the molecule is NC(=O)COc1ccc2c(c1)O/C(=C\c1cccs1)C2=O. The Morgan fingerprint density at radius 3 is 2.95 bits per heavy atom. The molecule has 6 heteroatoms. The van der Waals surface area contributed by atoms with Crippen LogP contribution < -0.4 is 15.2 Å². The fraction of sp³-hybridized carbons (Fsp3) is 0.0667. The van der Waals surface area contributed by atoms with Crippen molar-refractivity contribution in [2.24, 2.45) is 5.73 Å². The van der Waals surface area contributed by atoms with Gasteiger partial charge in [-0.25, -0.2) is 0 Å². The first-order valence-electron chi connectivity index (χ1n) is 6.16. The molecule has 0 saturated carbocycles. The van der Waals surface area contributed by atoms with Crippen LogP contribution in [0.25, 0.3) is 6.08 Å². The normalized spacial score (nSPS) is 14.9. The molecule has 0 fully saturated rings. The van der Waals surface area contributed by atoms with E-state index in [1.54, 1.807) is 24.3 Å². The molecule has 3 rings (SSSR count). The number of allylic oxidation sites excluding steroid dienone is 1. The first-order chi connectivity index (χ1) is 10.1. The third kappa shape index (κ3) is 2.80. The van der Waals surface area contributed by atoms with Gasteiger partial charge in [0.1, 0.15) is 11.5 Å². The number of amides is 1. The average molecular weight is 301 g/mol. The number of rotatable bonds is 4. The number of hydrogen-bond acceptors (Lipinski definition) is 5. The van der Waals surface area contributed by atoms with Gasteiger partial charge in [0.25, 0.3) is 5.91 Å². The molecule has 1 aliphatic heterocycles. The van der Waals surface area contributed by atoms with Crippen LogP contribution in [0.2, 0.25) is 0 Å². The van der Waals surface area contributed by atoms with E-state index >= 15 is 0 Å². The molecule has 106 valence electrons. The number of thiophene rings is 1. The summed E-state index contributed by atoms with van der Waals surface area (Å²) in [5.74, 6) is 0.396. The largest absolute Gasteiger partial charge is 0.484 e. The summed E-state index contributed by atoms with van der Waals surface area (Å²) in [4.78, 5) is 23.8. The van der Waals surface area contributed by atoms with Gasteiger partial charge in [-0.3, -0.25) is 9.59 Å². The van der Waals surface area contributed by atoms with Crippen LogP contribution in [0.4, 0.5) is 0 Å². The van der Waals surface area contributed by atoms with Crippen molar-refractivity contribution in [3.8, 4) is 11.5 Å². The molecule has 0 spiro atoms. The fourth-order valence-electron chi connectivity index (χ4n) is 1.91. The molecule has 0 saturated heterocycles. The van der Waals surface area contributed by atoms with Crippen molar-refractivity contribution in [3.63, 3.8) is 0 Å². The Bertz CT molecular complexity index is 734. The standard InChI is InChI=1S/C15H11NO4S/c16-14(17)8-19-9-3-4-11-12(6-9)20-13(15(11)18)7-10-2-1-5-21-10/h1-7H,8H2,(H2,16,17)/b13-7-. The highest BCUT2D eigenvalue weighted by Crippen LogP contribution is 2.35. The van der Waals surface area contributed by atoms with Gasteiger partial charge in [0.2, 0.25) is 5.78 Å². The molecule has 0 atom stereocenters. The zero-order valence-electron chi connectivity index (χ0n) is 10.9. The van der Waals surface area contributed by atoms with E-state index in [0.29, 0.717) is 17.1 Å². The van der Waals surface area contributed by atoms with E-state index in [9.17, 15) is 9.59 Å². The van der Waals surface area contributed by atoms with Crippen LogP contribution in [0.5, 0.6) is 11.5 Å². The van der Waals surface area contributed by atoms with E-state index in [0.717, 1.165) is 4.88 Å². The average Bonchev–Trinajstić information content (AvgIpc) is 3.06. The molecule has 21 heavy (non-hydrogen) atoms. The van der Waals surface area contributed by atoms with Gasteiger partial charge < -0.3 is 15.2 Å². The lowest BCUT2D eigenvalue weighted by atomic mass is 10.1. The zero-order valence-corrected chi connectivity index (χ0v) is 11.7. The van der Waals surface area contributed by atoms with E-state index in [1.165, 1.54) is 11.3 Å². The van der Waals surface area contributed by atoms with Gasteiger partial charge >= 0.3 is 0 Å². The molecule has 1 aromatic heterocycles. The Morgan fingerprint density at radius 2 is 2.24 bits per heavy atom. The molecule has 5 nitrogen and oxygen atoms in total. The topological polar surface area (TPSA) is 78.6 Å². The van der Waals surface area contributed by atoms with Crippen LogP contribution in [-0.4, -0.2) is 18.3 Å². The Balaban J connectivity index is 1.84. The van der Waals surface area contributed by atoms with Gasteiger partial charge in [0.05, 0.1) is 5.56 Å². The van der Waals surface area contributed by atoms with Crippen LogP contribution in [0.15, 0.2) is 41.5 Å². The molecule has 0 aliphatic carbocycles. The van der Waals surface area contributed by atoms with E-state index < -0.39 is 5.91 Å². The predicted molar refractivity (Wildman–Crippen MR) is 78.4 cm³/mol. The predicted octanol–water partition coefficient (Wildman–Crippen LogP) is 2.23. The smallest absolute Gasteiger partial charge is 0.255 e. The summed E-state index contributed by atoms with van der Waals surface area (Å²) in [6.07, 6.45) is 1.71. The molecular formula is C15H11NO4S. The Labute approximate surface area is 124 Å². The number of Topliss-reactive ketones (excluding diaryl/α,β-unsaturated/α-hetero) is 1. The molecule has 0 bridgehead atoms. The van der Waals surface area contributed by atoms with Crippen LogP contribution >= 0.6 is 11.3 Å². The Hall–Kier alpha value is -2.60. The molecule has 0 unspecified atom stereocenters. The second kappa shape index (κ2) is 5.41. The number of ether oxygens (including phenoxy) is 2. The number of ketones is 1. The maximum Gasteiger partial charge on any atom is 0.255 e. The molecule has 2 N–H and O–H groups in total. The highest BCUT2D eigenvalue weighted by Gasteiger charge is 2.27. The van der Waals surface area contributed by atoms with Crippen molar-refractivity contribution in [1.29, 1.82) is 0 Å². The Morgan fingerprint density at radius 1 is 1.38 bits per heavy atom. The van der Waals surface area contributed by atoms with Crippen molar-refractivity contribution in [2.45, 2.75) is 0 Å². The summed E-state index contributed by atoms with van der Waals surface area (Å²) < 4.78 is 10.7. The number of primary amides is 1. The molecule has 1 amide bonds. The fourth-order valence-corrected chi connectivity index (χ4v) is 2.56. The lowest BCUT2D eigenvalue weighted by Gasteiger charge is -2.04. The van der Waals surface area contributed by atoms with Crippen molar-refractivity contribution >= 4 is 29.1 Å². The number of fused-ring (bicyclic) bond motifs is 1. The van der Waals surface area contributed by atoms with Crippen LogP contribution in [0.1, 0.15) is 15.2 Å². The Kier molecular flexibility index (Phi) is 3.45. The van der Waals surface area contributed by atoms with E-state index in [-0.39, 0.29) is 18.1 Å². The van der Waals surface area contributed by atoms with Crippen molar-refractivity contribution in [2.75, 3.05) is 6.61 Å². The van der Waals surface area contributed by atoms with Crippen molar-refractivity contribution in [3.05, 3.63) is 51.9 Å². The third-order valence-corrected chi connectivity index (χ3v) is 3.66. The highest BCUT2D eigenvalue weighted by molar-refractivity contribution is 7.10. The van der Waals surface area contributed by atoms with Crippen molar-refractivity contribution < 1.29 is 19.1 Å². The summed E-state index contributed by atoms with van der Waals surface area (Å²) in [5.41, 5.74) is 5.49. The quantitative estimate of drug-likeness (QED) is 0.878. The summed E-state index contributed by atoms with van der Waals surface area (Å²) in [7, 11) is 0. The van der Waals surface area contributed by atoms with Crippen molar-refractivity contribution in [1.82, 2.24) is 0 Å². The number of benzene rings is 1. The second-order valence-electron chi connectivity index (χ2n) is 4.37. The summed E-state index contributed by atoms with van der Waals surface area (Å²) in [6, 6.07) is 8.60. The first kappa shape index (κ1) is 13.4. The van der Waals surface area contributed by atoms with Crippen LogP contribution in [-0.2, 0) is 4.79 Å². The zero-order chi connectivity index (χ0) is 14.8. The number of hydrogen-bond donors (Lipinski definition) is 1. The van der Waals surface area contributed by atoms with Gasteiger partial charge in [-0.15, -0.1) is 11.3 Å². The highest BCUT2D eigenvalue weighted by atomic mass is 32.1. The first-order valence-corrected chi connectivity index (χ1v) is 7.04. The van der Waals surface area contributed by atoms with Gasteiger partial charge in [-0.1, -0.05) is 6.07 Å². The maximum absolute atomic E-state index is 12.2. The second-order valence-corrected chi connectivity index (χ2v) is 5.35. The molecule has 1 aromatic carbocycles. The minimum atomic E-state index is -0.564.